The highest BCUT2D eigenvalue weighted by Crippen LogP contribution is 2.26. The third-order valence-electron chi connectivity index (χ3n) is 4.12. The standard InChI is InChI=1S/C20H22ClNO3/c1-14-11-22(12-15(2)25-14)20(23)18-10-17(21)8-9-19(18)24-13-16-6-4-3-5-7-16/h3-10,14-15H,11-13H2,1-2H3. The summed E-state index contributed by atoms with van der Waals surface area (Å²) in [6.45, 7) is 5.47. The number of halogens is 1. The highest BCUT2D eigenvalue weighted by molar-refractivity contribution is 6.31. The molecule has 1 fully saturated rings. The van der Waals surface area contributed by atoms with E-state index in [0.717, 1.165) is 5.56 Å². The smallest absolute Gasteiger partial charge is 0.257 e. The maximum absolute atomic E-state index is 13.0. The van der Waals surface area contributed by atoms with Crippen molar-refractivity contribution in [2.75, 3.05) is 13.1 Å². The number of hydrogen-bond acceptors (Lipinski definition) is 3. The molecule has 2 aromatic rings. The molecule has 0 radical (unpaired) electrons. The monoisotopic (exact) mass is 359 g/mol. The van der Waals surface area contributed by atoms with Gasteiger partial charge >= 0.3 is 0 Å². The van der Waals surface area contributed by atoms with Gasteiger partial charge in [-0.25, -0.2) is 0 Å². The lowest BCUT2D eigenvalue weighted by Crippen LogP contribution is -2.48. The second kappa shape index (κ2) is 7.89. The largest absolute Gasteiger partial charge is 0.488 e. The summed E-state index contributed by atoms with van der Waals surface area (Å²) in [6.07, 6.45) is 0.0288. The molecule has 1 aliphatic rings. The van der Waals surface area contributed by atoms with Crippen LogP contribution in [-0.2, 0) is 11.3 Å². The quantitative estimate of drug-likeness (QED) is 0.822. The van der Waals surface area contributed by atoms with Crippen molar-refractivity contribution < 1.29 is 14.3 Å². The Hall–Kier alpha value is -2.04. The van der Waals surface area contributed by atoms with Crippen LogP contribution >= 0.6 is 11.6 Å². The molecule has 1 amide bonds. The van der Waals surface area contributed by atoms with Gasteiger partial charge in [-0.15, -0.1) is 0 Å². The van der Waals surface area contributed by atoms with Crippen molar-refractivity contribution in [2.24, 2.45) is 0 Å². The second-order valence-electron chi connectivity index (χ2n) is 6.38. The summed E-state index contributed by atoms with van der Waals surface area (Å²) < 4.78 is 11.6. The zero-order valence-corrected chi connectivity index (χ0v) is 15.2. The lowest BCUT2D eigenvalue weighted by atomic mass is 10.1. The molecule has 132 valence electrons. The number of carbonyl (C=O) groups is 1. The average molecular weight is 360 g/mol. The molecule has 25 heavy (non-hydrogen) atoms. The van der Waals surface area contributed by atoms with Gasteiger partial charge in [-0.1, -0.05) is 41.9 Å². The molecule has 5 heteroatoms. The Morgan fingerprint density at radius 3 is 2.52 bits per heavy atom. The van der Waals surface area contributed by atoms with Crippen LogP contribution in [0.5, 0.6) is 5.75 Å². The van der Waals surface area contributed by atoms with Crippen molar-refractivity contribution in [3.05, 3.63) is 64.7 Å². The fourth-order valence-corrected chi connectivity index (χ4v) is 3.22. The van der Waals surface area contributed by atoms with Crippen LogP contribution in [0.1, 0.15) is 29.8 Å². The van der Waals surface area contributed by atoms with E-state index in [9.17, 15) is 4.79 Å². The Morgan fingerprint density at radius 2 is 1.84 bits per heavy atom. The fourth-order valence-electron chi connectivity index (χ4n) is 3.04. The van der Waals surface area contributed by atoms with E-state index in [1.54, 1.807) is 23.1 Å². The lowest BCUT2D eigenvalue weighted by Gasteiger charge is -2.35. The van der Waals surface area contributed by atoms with Crippen LogP contribution in [0.25, 0.3) is 0 Å². The Kier molecular flexibility index (Phi) is 5.61. The zero-order valence-electron chi connectivity index (χ0n) is 14.4. The number of benzene rings is 2. The van der Waals surface area contributed by atoms with Gasteiger partial charge in [0.25, 0.3) is 5.91 Å². The van der Waals surface area contributed by atoms with Gasteiger partial charge in [0, 0.05) is 18.1 Å². The van der Waals surface area contributed by atoms with Crippen LogP contribution in [0.2, 0.25) is 5.02 Å². The molecule has 0 saturated carbocycles. The van der Waals surface area contributed by atoms with E-state index in [0.29, 0.717) is 36.0 Å². The van der Waals surface area contributed by atoms with E-state index in [-0.39, 0.29) is 18.1 Å². The highest BCUT2D eigenvalue weighted by Gasteiger charge is 2.28. The normalized spacial score (nSPS) is 20.4. The minimum atomic E-state index is -0.0763. The van der Waals surface area contributed by atoms with E-state index in [2.05, 4.69) is 0 Å². The molecule has 0 spiro atoms. The maximum atomic E-state index is 13.0. The van der Waals surface area contributed by atoms with Gasteiger partial charge in [-0.2, -0.15) is 0 Å². The summed E-state index contributed by atoms with van der Waals surface area (Å²) in [4.78, 5) is 14.8. The van der Waals surface area contributed by atoms with Crippen LogP contribution in [-0.4, -0.2) is 36.1 Å². The number of nitrogens with zero attached hydrogens (tertiary/aromatic N) is 1. The fraction of sp³-hybridized carbons (Fsp3) is 0.350. The number of ether oxygens (including phenoxy) is 2. The lowest BCUT2D eigenvalue weighted by molar-refractivity contribution is -0.0586. The molecule has 1 heterocycles. The SMILES string of the molecule is CC1CN(C(=O)c2cc(Cl)ccc2OCc2ccccc2)CC(C)O1. The second-order valence-corrected chi connectivity index (χ2v) is 6.82. The van der Waals surface area contributed by atoms with E-state index in [1.165, 1.54) is 0 Å². The van der Waals surface area contributed by atoms with Crippen molar-refractivity contribution >= 4 is 17.5 Å². The Balaban J connectivity index is 1.80. The van der Waals surface area contributed by atoms with Gasteiger partial charge < -0.3 is 14.4 Å². The summed E-state index contributed by atoms with van der Waals surface area (Å²) in [5.74, 6) is 0.470. The van der Waals surface area contributed by atoms with Gasteiger partial charge in [-0.05, 0) is 37.6 Å². The molecule has 0 bridgehead atoms. The maximum Gasteiger partial charge on any atom is 0.257 e. The molecule has 0 aliphatic carbocycles. The molecule has 0 N–H and O–H groups in total. The van der Waals surface area contributed by atoms with Gasteiger partial charge in [0.05, 0.1) is 17.8 Å². The number of morpholine rings is 1. The van der Waals surface area contributed by atoms with E-state index in [4.69, 9.17) is 21.1 Å². The summed E-state index contributed by atoms with van der Waals surface area (Å²) in [5, 5.41) is 0.518. The summed E-state index contributed by atoms with van der Waals surface area (Å²) in [6, 6.07) is 15.0. The Bertz CT molecular complexity index is 725. The van der Waals surface area contributed by atoms with Gasteiger partial charge in [0.15, 0.2) is 0 Å². The average Bonchev–Trinajstić information content (AvgIpc) is 2.60. The van der Waals surface area contributed by atoms with Crippen molar-refractivity contribution in [3.8, 4) is 5.75 Å². The predicted molar refractivity (Wildman–Crippen MR) is 98.1 cm³/mol. The van der Waals surface area contributed by atoms with Crippen LogP contribution in [0.3, 0.4) is 0 Å². The molecule has 1 aliphatic heterocycles. The van der Waals surface area contributed by atoms with Crippen LogP contribution in [0.15, 0.2) is 48.5 Å². The van der Waals surface area contributed by atoms with Crippen LogP contribution in [0.4, 0.5) is 0 Å². The number of hydrogen-bond donors (Lipinski definition) is 0. The van der Waals surface area contributed by atoms with Gasteiger partial charge in [-0.3, -0.25) is 4.79 Å². The first-order chi connectivity index (χ1) is 12.0. The van der Waals surface area contributed by atoms with E-state index < -0.39 is 0 Å². The summed E-state index contributed by atoms with van der Waals surface area (Å²) >= 11 is 6.12. The number of rotatable bonds is 4. The minimum Gasteiger partial charge on any atom is -0.488 e. The van der Waals surface area contributed by atoms with Crippen molar-refractivity contribution in [1.29, 1.82) is 0 Å². The third kappa shape index (κ3) is 4.53. The Morgan fingerprint density at radius 1 is 1.16 bits per heavy atom. The van der Waals surface area contributed by atoms with Crippen molar-refractivity contribution in [2.45, 2.75) is 32.7 Å². The number of carbonyl (C=O) groups excluding carboxylic acids is 1. The Labute approximate surface area is 153 Å². The molecule has 2 atom stereocenters. The molecule has 1 saturated heterocycles. The molecular formula is C20H22ClNO3. The topological polar surface area (TPSA) is 38.8 Å². The first-order valence-corrected chi connectivity index (χ1v) is 8.81. The van der Waals surface area contributed by atoms with Crippen molar-refractivity contribution in [3.63, 3.8) is 0 Å². The predicted octanol–water partition coefficient (Wildman–Crippen LogP) is 4.17. The van der Waals surface area contributed by atoms with Gasteiger partial charge in [0.1, 0.15) is 12.4 Å². The van der Waals surface area contributed by atoms with Crippen molar-refractivity contribution in [1.82, 2.24) is 4.90 Å². The van der Waals surface area contributed by atoms with Gasteiger partial charge in [0.2, 0.25) is 0 Å². The molecule has 2 aromatic carbocycles. The zero-order chi connectivity index (χ0) is 17.8. The van der Waals surface area contributed by atoms with E-state index >= 15 is 0 Å². The first kappa shape index (κ1) is 17.8. The molecule has 4 nitrogen and oxygen atoms in total. The van der Waals surface area contributed by atoms with Crippen LogP contribution in [0, 0.1) is 0 Å². The minimum absolute atomic E-state index is 0.0144. The highest BCUT2D eigenvalue weighted by atomic mass is 35.5. The molecule has 3 rings (SSSR count). The number of amides is 1. The molecular weight excluding hydrogens is 338 g/mol. The van der Waals surface area contributed by atoms with Crippen LogP contribution < -0.4 is 4.74 Å². The summed E-state index contributed by atoms with van der Waals surface area (Å²) in [5.41, 5.74) is 1.54. The van der Waals surface area contributed by atoms with E-state index in [1.807, 2.05) is 44.2 Å². The molecule has 2 unspecified atom stereocenters. The first-order valence-electron chi connectivity index (χ1n) is 8.44. The third-order valence-corrected chi connectivity index (χ3v) is 4.35. The molecule has 0 aromatic heterocycles. The summed E-state index contributed by atoms with van der Waals surface area (Å²) in [7, 11) is 0.